The van der Waals surface area contributed by atoms with Crippen molar-refractivity contribution in [2.45, 2.75) is 25.7 Å². The van der Waals surface area contributed by atoms with Crippen molar-refractivity contribution in [3.8, 4) is 11.6 Å². The third-order valence-electron chi connectivity index (χ3n) is 6.20. The second-order valence-electron chi connectivity index (χ2n) is 9.24. The van der Waals surface area contributed by atoms with Crippen LogP contribution in [0.4, 0.5) is 26.7 Å². The maximum atomic E-state index is 14.0. The Kier molecular flexibility index (Phi) is 9.75. The van der Waals surface area contributed by atoms with Gasteiger partial charge in [-0.2, -0.15) is 0 Å². The molecular formula is C28H25F5N4O6. The maximum Gasteiger partial charge on any atom is 0.573 e. The van der Waals surface area contributed by atoms with Crippen LogP contribution in [0.5, 0.6) is 11.6 Å². The summed E-state index contributed by atoms with van der Waals surface area (Å²) in [7, 11) is 0. The van der Waals surface area contributed by atoms with Crippen LogP contribution >= 0.6 is 0 Å². The number of fused-ring (bicyclic) bond motifs is 3. The fourth-order valence-corrected chi connectivity index (χ4v) is 4.27. The van der Waals surface area contributed by atoms with Crippen LogP contribution in [0.2, 0.25) is 0 Å². The number of ether oxygens (including phenoxy) is 3. The lowest BCUT2D eigenvalue weighted by Gasteiger charge is -2.20. The van der Waals surface area contributed by atoms with Gasteiger partial charge < -0.3 is 30.0 Å². The first kappa shape index (κ1) is 31.2. The minimum absolute atomic E-state index is 0.0203. The maximum absolute atomic E-state index is 14.0. The predicted molar refractivity (Wildman–Crippen MR) is 143 cm³/mol. The van der Waals surface area contributed by atoms with Crippen molar-refractivity contribution in [1.29, 1.82) is 0 Å². The number of carbonyl (C=O) groups excluding carboxylic acids is 1. The highest BCUT2D eigenvalue weighted by Crippen LogP contribution is 2.31. The highest BCUT2D eigenvalue weighted by atomic mass is 19.4. The Morgan fingerprint density at radius 1 is 0.953 bits per heavy atom. The van der Waals surface area contributed by atoms with Crippen LogP contribution in [0.1, 0.15) is 28.8 Å². The molecule has 2 amide bonds. The Hall–Kier alpha value is -4.79. The summed E-state index contributed by atoms with van der Waals surface area (Å²) in [6.07, 6.45) is -2.64. The highest BCUT2D eigenvalue weighted by Gasteiger charge is 2.34. The van der Waals surface area contributed by atoms with Gasteiger partial charge in [0, 0.05) is 53.8 Å². The number of nitrogens with two attached hydrogens (primary N) is 1. The summed E-state index contributed by atoms with van der Waals surface area (Å²) < 4.78 is 79.6. The third kappa shape index (κ3) is 8.16. The molecule has 0 atom stereocenters. The molecule has 4 aromatic rings. The first-order valence-electron chi connectivity index (χ1n) is 12.8. The molecule has 2 heterocycles. The fourth-order valence-electron chi connectivity index (χ4n) is 4.27. The summed E-state index contributed by atoms with van der Waals surface area (Å²) in [6, 6.07) is 7.84. The molecule has 0 aliphatic heterocycles. The van der Waals surface area contributed by atoms with Crippen LogP contribution in [0.25, 0.3) is 21.7 Å². The van der Waals surface area contributed by atoms with Gasteiger partial charge in [0.15, 0.2) is 11.6 Å². The number of hydrogen-bond donors (Lipinski definition) is 2. The van der Waals surface area contributed by atoms with Gasteiger partial charge in [0.25, 0.3) is 0 Å². The Morgan fingerprint density at radius 2 is 1.70 bits per heavy atom. The number of carbonyl (C=O) groups is 2. The van der Waals surface area contributed by atoms with E-state index in [0.29, 0.717) is 47.3 Å². The van der Waals surface area contributed by atoms with Crippen LogP contribution in [0.3, 0.4) is 0 Å². The molecule has 15 heteroatoms. The van der Waals surface area contributed by atoms with E-state index in [9.17, 15) is 36.6 Å². The number of pyridine rings is 2. The first-order chi connectivity index (χ1) is 20.4. The highest BCUT2D eigenvalue weighted by molar-refractivity contribution is 6.09. The number of rotatable bonds is 13. The second kappa shape index (κ2) is 13.5. The normalized spacial score (nSPS) is 11.6. The van der Waals surface area contributed by atoms with Crippen LogP contribution in [0, 0.1) is 11.6 Å². The molecule has 0 saturated heterocycles. The minimum atomic E-state index is -5.29. The molecule has 43 heavy (non-hydrogen) atoms. The second-order valence-corrected chi connectivity index (χ2v) is 9.24. The van der Waals surface area contributed by atoms with Crippen molar-refractivity contribution in [2.24, 2.45) is 5.73 Å². The molecule has 2 aromatic heterocycles. The van der Waals surface area contributed by atoms with Crippen molar-refractivity contribution >= 4 is 33.7 Å². The number of benzene rings is 2. The Bertz CT molecular complexity index is 1610. The largest absolute Gasteiger partial charge is 0.573 e. The smallest absolute Gasteiger partial charge is 0.475 e. The summed E-state index contributed by atoms with van der Waals surface area (Å²) in [5.74, 6) is -5.09. The molecule has 0 spiro atoms. The number of aromatic nitrogens is 2. The number of carboxylic acid groups (broad SMARTS) is 1. The van der Waals surface area contributed by atoms with Crippen molar-refractivity contribution in [1.82, 2.24) is 14.9 Å². The summed E-state index contributed by atoms with van der Waals surface area (Å²) in [6.45, 7) is 0.0985. The molecule has 0 bridgehead atoms. The lowest BCUT2D eigenvalue weighted by atomic mass is 10.1. The number of hydrogen-bond acceptors (Lipinski definition) is 7. The monoisotopic (exact) mass is 608 g/mol. The van der Waals surface area contributed by atoms with E-state index >= 15 is 0 Å². The van der Waals surface area contributed by atoms with E-state index in [1.165, 1.54) is 0 Å². The van der Waals surface area contributed by atoms with Crippen LogP contribution in [-0.4, -0.2) is 64.7 Å². The minimum Gasteiger partial charge on any atom is -0.475 e. The Labute approximate surface area is 240 Å². The number of nitrogens with zero attached hydrogens (tertiary/aromatic N) is 3. The van der Waals surface area contributed by atoms with Gasteiger partial charge in [0.05, 0.1) is 12.1 Å². The lowest BCUT2D eigenvalue weighted by Crippen LogP contribution is -2.30. The molecule has 2 aromatic carbocycles. The van der Waals surface area contributed by atoms with Crippen LogP contribution < -0.4 is 15.2 Å². The zero-order valence-corrected chi connectivity index (χ0v) is 22.4. The van der Waals surface area contributed by atoms with Gasteiger partial charge in [-0.25, -0.2) is 18.6 Å². The topological polar surface area (TPSA) is 137 Å². The molecule has 0 aliphatic rings. The number of primary amides is 1. The molecule has 228 valence electrons. The van der Waals surface area contributed by atoms with Gasteiger partial charge in [-0.15, -0.1) is 13.2 Å². The van der Waals surface area contributed by atoms with Crippen LogP contribution in [-0.2, 0) is 11.3 Å². The Balaban J connectivity index is 1.25. The zero-order valence-electron chi connectivity index (χ0n) is 22.4. The van der Waals surface area contributed by atoms with E-state index < -0.39 is 42.3 Å². The molecule has 4 rings (SSSR count). The van der Waals surface area contributed by atoms with Gasteiger partial charge in [0.1, 0.15) is 6.61 Å². The van der Waals surface area contributed by atoms with Gasteiger partial charge in [-0.1, -0.05) is 6.07 Å². The number of amides is 2. The predicted octanol–water partition coefficient (Wildman–Crippen LogP) is 5.41. The quantitative estimate of drug-likeness (QED) is 0.117. The summed E-state index contributed by atoms with van der Waals surface area (Å²) in [5, 5.41) is 11.7. The summed E-state index contributed by atoms with van der Waals surface area (Å²) in [5.41, 5.74) is 6.00. The summed E-state index contributed by atoms with van der Waals surface area (Å²) in [4.78, 5) is 32.7. The molecule has 0 saturated carbocycles. The molecule has 0 radical (unpaired) electrons. The average molecular weight is 609 g/mol. The molecule has 3 N–H and O–H groups in total. The number of unbranched alkanes of at least 4 members (excludes halogenated alkanes) is 1. The van der Waals surface area contributed by atoms with E-state index in [0.717, 1.165) is 15.7 Å². The first-order valence-corrected chi connectivity index (χ1v) is 12.8. The van der Waals surface area contributed by atoms with Gasteiger partial charge in [-0.05, 0) is 48.7 Å². The molecule has 0 unspecified atom stereocenters. The van der Waals surface area contributed by atoms with E-state index in [2.05, 4.69) is 14.7 Å². The van der Waals surface area contributed by atoms with Crippen molar-refractivity contribution in [3.63, 3.8) is 0 Å². The Morgan fingerprint density at radius 3 is 2.37 bits per heavy atom. The van der Waals surface area contributed by atoms with E-state index in [-0.39, 0.29) is 31.9 Å². The SMILES string of the molecule is NC(=O)c1ccc2c(c1)nc(OCCOCCCCN(Cc1cc(F)c(OC(F)(F)F)c(F)c1)C(=O)O)c1ccncc12. The van der Waals surface area contributed by atoms with E-state index in [1.807, 2.05) is 0 Å². The third-order valence-corrected chi connectivity index (χ3v) is 6.20. The molecule has 0 fully saturated rings. The van der Waals surface area contributed by atoms with Crippen molar-refractivity contribution < 1.29 is 50.9 Å². The number of alkyl halides is 3. The summed E-state index contributed by atoms with van der Waals surface area (Å²) >= 11 is 0. The van der Waals surface area contributed by atoms with E-state index in [4.69, 9.17) is 15.2 Å². The standard InChI is InChI=1S/C28H25F5N4O6/c29-21-11-16(12-22(30)24(21)43-28(31,32)33)15-37(27(39)40)7-1-2-8-41-9-10-42-26-19-5-6-35-14-20(19)18-4-3-17(25(34)38)13-23(18)36-26/h3-6,11-14H,1-2,7-10,15H2,(H2,34,38)(H,39,40). The number of halogens is 5. The van der Waals surface area contributed by atoms with Gasteiger partial charge in [0.2, 0.25) is 17.5 Å². The molecule has 10 nitrogen and oxygen atoms in total. The average Bonchev–Trinajstić information content (AvgIpc) is 2.94. The van der Waals surface area contributed by atoms with Crippen molar-refractivity contribution in [3.05, 3.63) is 71.6 Å². The van der Waals surface area contributed by atoms with Gasteiger partial charge in [-0.3, -0.25) is 9.78 Å². The lowest BCUT2D eigenvalue weighted by molar-refractivity contribution is -0.276. The van der Waals surface area contributed by atoms with Crippen LogP contribution in [0.15, 0.2) is 48.8 Å². The molecular weight excluding hydrogens is 583 g/mol. The van der Waals surface area contributed by atoms with Crippen molar-refractivity contribution in [2.75, 3.05) is 26.4 Å². The molecule has 0 aliphatic carbocycles. The van der Waals surface area contributed by atoms with E-state index in [1.54, 1.807) is 36.7 Å². The zero-order chi connectivity index (χ0) is 31.1. The van der Waals surface area contributed by atoms with Gasteiger partial charge >= 0.3 is 12.5 Å². The fraction of sp³-hybridized carbons (Fsp3) is 0.286.